The van der Waals surface area contributed by atoms with Crippen LogP contribution >= 0.6 is 0 Å². The van der Waals surface area contributed by atoms with Crippen molar-refractivity contribution in [2.24, 2.45) is 5.92 Å². The third-order valence-corrected chi connectivity index (χ3v) is 5.67. The summed E-state index contributed by atoms with van der Waals surface area (Å²) >= 11 is 0. The van der Waals surface area contributed by atoms with Crippen LogP contribution in [0, 0.1) is 5.92 Å². The molecule has 3 aliphatic rings. The van der Waals surface area contributed by atoms with Gasteiger partial charge < -0.3 is 14.9 Å². The van der Waals surface area contributed by atoms with E-state index in [1.165, 1.54) is 0 Å². The molecule has 2 aliphatic heterocycles. The van der Waals surface area contributed by atoms with Crippen LogP contribution in [0.3, 0.4) is 0 Å². The van der Waals surface area contributed by atoms with Crippen molar-refractivity contribution in [3.05, 3.63) is 24.4 Å². The van der Waals surface area contributed by atoms with Gasteiger partial charge >= 0.3 is 0 Å². The first kappa shape index (κ1) is 15.8. The van der Waals surface area contributed by atoms with E-state index < -0.39 is 5.60 Å². The van der Waals surface area contributed by atoms with Gasteiger partial charge in [-0.15, -0.1) is 0 Å². The quantitative estimate of drug-likeness (QED) is 0.875. The first-order valence-corrected chi connectivity index (χ1v) is 9.02. The zero-order valence-electron chi connectivity index (χ0n) is 14.1. The molecule has 0 bridgehead atoms. The van der Waals surface area contributed by atoms with Gasteiger partial charge in [0.25, 0.3) is 0 Å². The maximum absolute atomic E-state index is 12.5. The van der Waals surface area contributed by atoms with E-state index in [1.807, 2.05) is 29.3 Å². The number of hydrogen-bond acceptors (Lipinski definition) is 5. The predicted octanol–water partition coefficient (Wildman–Crippen LogP) is 0.577. The Morgan fingerprint density at radius 2 is 2.00 bits per heavy atom. The SMILES string of the molecule is O=C(CN1CCN(c2ccccn2)CC1)N1CCC(O)(C2CC2)C1. The minimum absolute atomic E-state index is 0.165. The molecule has 0 aromatic carbocycles. The predicted molar refractivity (Wildman–Crippen MR) is 91.8 cm³/mol. The summed E-state index contributed by atoms with van der Waals surface area (Å²) in [5, 5.41) is 10.6. The molecular weight excluding hydrogens is 304 g/mol. The van der Waals surface area contributed by atoms with Crippen LogP contribution in [0.4, 0.5) is 5.82 Å². The number of rotatable bonds is 4. The number of nitrogens with zero attached hydrogens (tertiary/aromatic N) is 4. The fourth-order valence-corrected chi connectivity index (χ4v) is 3.95. The van der Waals surface area contributed by atoms with Crippen molar-refractivity contribution in [1.82, 2.24) is 14.8 Å². The summed E-state index contributed by atoms with van der Waals surface area (Å²) in [6.07, 6.45) is 4.80. The Bertz CT molecular complexity index is 584. The van der Waals surface area contributed by atoms with E-state index in [0.29, 0.717) is 25.6 Å². The van der Waals surface area contributed by atoms with E-state index in [4.69, 9.17) is 0 Å². The molecular formula is C18H26N4O2. The highest BCUT2D eigenvalue weighted by Gasteiger charge is 2.48. The van der Waals surface area contributed by atoms with Crippen LogP contribution in [0.15, 0.2) is 24.4 Å². The van der Waals surface area contributed by atoms with Gasteiger partial charge in [0, 0.05) is 45.5 Å². The monoisotopic (exact) mass is 330 g/mol. The minimum Gasteiger partial charge on any atom is -0.388 e. The molecule has 4 rings (SSSR count). The summed E-state index contributed by atoms with van der Waals surface area (Å²) in [4.78, 5) is 23.3. The number of carbonyl (C=O) groups is 1. The number of likely N-dealkylation sites (tertiary alicyclic amines) is 1. The average Bonchev–Trinajstić information content (AvgIpc) is 3.40. The van der Waals surface area contributed by atoms with Crippen LogP contribution in [0.25, 0.3) is 0 Å². The number of amides is 1. The second kappa shape index (κ2) is 6.33. The maximum Gasteiger partial charge on any atom is 0.236 e. The number of aliphatic hydroxyl groups is 1. The Balaban J connectivity index is 1.26. The fourth-order valence-electron chi connectivity index (χ4n) is 3.95. The van der Waals surface area contributed by atoms with Crippen LogP contribution in [0.1, 0.15) is 19.3 Å². The molecule has 3 fully saturated rings. The molecule has 2 saturated heterocycles. The minimum atomic E-state index is -0.604. The number of hydrogen-bond donors (Lipinski definition) is 1. The third-order valence-electron chi connectivity index (χ3n) is 5.67. The molecule has 1 aromatic rings. The van der Waals surface area contributed by atoms with Crippen molar-refractivity contribution in [3.63, 3.8) is 0 Å². The lowest BCUT2D eigenvalue weighted by Gasteiger charge is -2.35. The second-order valence-corrected chi connectivity index (χ2v) is 7.39. The van der Waals surface area contributed by atoms with Crippen molar-refractivity contribution in [2.45, 2.75) is 24.9 Å². The molecule has 6 nitrogen and oxygen atoms in total. The molecule has 1 unspecified atom stereocenters. The van der Waals surface area contributed by atoms with E-state index in [0.717, 1.165) is 51.3 Å². The Labute approximate surface area is 143 Å². The molecule has 24 heavy (non-hydrogen) atoms. The normalized spacial score (nSPS) is 28.4. The number of β-amino-alcohol motifs (C(OH)–C–C–N with tert-alkyl or cyclic N) is 1. The first-order valence-electron chi connectivity index (χ1n) is 9.02. The molecule has 1 aromatic heterocycles. The van der Waals surface area contributed by atoms with E-state index in [9.17, 15) is 9.90 Å². The lowest BCUT2D eigenvalue weighted by Crippen LogP contribution is -2.50. The standard InChI is InChI=1S/C18H26N4O2/c23-17(22-8-6-18(24,14-22)15-4-5-15)13-20-9-11-21(12-10-20)16-3-1-2-7-19-16/h1-3,7,15,24H,4-6,8-14H2. The summed E-state index contributed by atoms with van der Waals surface area (Å²) in [7, 11) is 0. The third kappa shape index (κ3) is 3.26. The van der Waals surface area contributed by atoms with Crippen LogP contribution in [0.2, 0.25) is 0 Å². The molecule has 6 heteroatoms. The second-order valence-electron chi connectivity index (χ2n) is 7.39. The van der Waals surface area contributed by atoms with Gasteiger partial charge in [-0.3, -0.25) is 9.69 Å². The van der Waals surface area contributed by atoms with E-state index in [-0.39, 0.29) is 5.91 Å². The zero-order valence-corrected chi connectivity index (χ0v) is 14.1. The molecule has 130 valence electrons. The van der Waals surface area contributed by atoms with Gasteiger partial charge in [-0.2, -0.15) is 0 Å². The number of piperazine rings is 1. The van der Waals surface area contributed by atoms with Crippen molar-refractivity contribution < 1.29 is 9.90 Å². The number of pyridine rings is 1. The highest BCUT2D eigenvalue weighted by Crippen LogP contribution is 2.44. The number of aromatic nitrogens is 1. The lowest BCUT2D eigenvalue weighted by molar-refractivity contribution is -0.132. The fraction of sp³-hybridized carbons (Fsp3) is 0.667. The lowest BCUT2D eigenvalue weighted by atomic mass is 9.97. The maximum atomic E-state index is 12.5. The first-order chi connectivity index (χ1) is 11.6. The molecule has 1 aliphatic carbocycles. The summed E-state index contributed by atoms with van der Waals surface area (Å²) in [5.41, 5.74) is -0.604. The van der Waals surface area contributed by atoms with Crippen molar-refractivity contribution in [1.29, 1.82) is 0 Å². The van der Waals surface area contributed by atoms with Gasteiger partial charge in [0.2, 0.25) is 5.91 Å². The molecule has 1 N–H and O–H groups in total. The Kier molecular flexibility index (Phi) is 4.18. The molecule has 1 saturated carbocycles. The highest BCUT2D eigenvalue weighted by molar-refractivity contribution is 5.78. The largest absolute Gasteiger partial charge is 0.388 e. The summed E-state index contributed by atoms with van der Waals surface area (Å²) < 4.78 is 0. The van der Waals surface area contributed by atoms with Gasteiger partial charge in [-0.25, -0.2) is 4.98 Å². The Hall–Kier alpha value is -1.66. The summed E-state index contributed by atoms with van der Waals surface area (Å²) in [6, 6.07) is 5.97. The van der Waals surface area contributed by atoms with Gasteiger partial charge in [0.15, 0.2) is 0 Å². The van der Waals surface area contributed by atoms with Gasteiger partial charge in [0.05, 0.1) is 12.1 Å². The number of carbonyl (C=O) groups excluding carboxylic acids is 1. The zero-order chi connectivity index (χ0) is 16.6. The molecule has 0 spiro atoms. The molecule has 1 amide bonds. The van der Waals surface area contributed by atoms with Crippen molar-refractivity contribution in [3.8, 4) is 0 Å². The van der Waals surface area contributed by atoms with E-state index in [1.54, 1.807) is 0 Å². The summed E-state index contributed by atoms with van der Waals surface area (Å²) in [5.74, 6) is 1.60. The Morgan fingerprint density at radius 3 is 2.67 bits per heavy atom. The highest BCUT2D eigenvalue weighted by atomic mass is 16.3. The topological polar surface area (TPSA) is 59.9 Å². The van der Waals surface area contributed by atoms with Crippen LogP contribution < -0.4 is 4.90 Å². The van der Waals surface area contributed by atoms with E-state index in [2.05, 4.69) is 14.8 Å². The van der Waals surface area contributed by atoms with Gasteiger partial charge in [0.1, 0.15) is 5.82 Å². The molecule has 1 atom stereocenters. The smallest absolute Gasteiger partial charge is 0.236 e. The van der Waals surface area contributed by atoms with Crippen LogP contribution in [-0.2, 0) is 4.79 Å². The van der Waals surface area contributed by atoms with Gasteiger partial charge in [-0.1, -0.05) is 6.07 Å². The van der Waals surface area contributed by atoms with Crippen LogP contribution in [0.5, 0.6) is 0 Å². The Morgan fingerprint density at radius 1 is 1.21 bits per heavy atom. The van der Waals surface area contributed by atoms with Crippen molar-refractivity contribution in [2.75, 3.05) is 50.7 Å². The number of anilines is 1. The van der Waals surface area contributed by atoms with Crippen LogP contribution in [-0.4, -0.2) is 77.2 Å². The van der Waals surface area contributed by atoms with Crippen molar-refractivity contribution >= 4 is 11.7 Å². The average molecular weight is 330 g/mol. The van der Waals surface area contributed by atoms with Gasteiger partial charge in [-0.05, 0) is 37.3 Å². The molecule has 3 heterocycles. The summed E-state index contributed by atoms with van der Waals surface area (Å²) in [6.45, 7) is 5.26. The van der Waals surface area contributed by atoms with E-state index >= 15 is 0 Å². The molecule has 0 radical (unpaired) electrons.